The van der Waals surface area contributed by atoms with Gasteiger partial charge in [0.15, 0.2) is 5.78 Å². The largest absolute Gasteiger partial charge is 0.497 e. The summed E-state index contributed by atoms with van der Waals surface area (Å²) < 4.78 is 5.21. The number of nitrogens with zero attached hydrogens (tertiary/aromatic N) is 1. The predicted octanol–water partition coefficient (Wildman–Crippen LogP) is 2.18. The van der Waals surface area contributed by atoms with Gasteiger partial charge in [-0.1, -0.05) is 6.42 Å². The number of hydrogen-bond donors (Lipinski definition) is 0. The van der Waals surface area contributed by atoms with Gasteiger partial charge in [-0.2, -0.15) is 0 Å². The number of carbonyl (C=O) groups is 1. The number of methoxy groups -OCH3 is 1. The van der Waals surface area contributed by atoms with Gasteiger partial charge in [-0.25, -0.2) is 5.06 Å². The lowest BCUT2D eigenvalue weighted by molar-refractivity contribution is 0.0845. The van der Waals surface area contributed by atoms with Crippen molar-refractivity contribution in [2.75, 3.05) is 18.8 Å². The van der Waals surface area contributed by atoms with Crippen LogP contribution in [-0.4, -0.2) is 25.0 Å². The molecule has 1 saturated carbocycles. The van der Waals surface area contributed by atoms with Crippen molar-refractivity contribution in [2.45, 2.75) is 24.8 Å². The van der Waals surface area contributed by atoms with Crippen LogP contribution in [0.1, 0.15) is 29.6 Å². The highest BCUT2D eigenvalue weighted by atomic mass is 16.7. The number of fused-ring (bicyclic) bond motifs is 2. The number of Topliss-reactive ketones (excluding diaryl/α,β-unsaturated/α-hetero) is 1. The van der Waals surface area contributed by atoms with Crippen molar-refractivity contribution in [3.63, 3.8) is 0 Å². The number of hydrogen-bond acceptors (Lipinski definition) is 4. The number of benzene rings is 1. The smallest absolute Gasteiger partial charge is 0.193 e. The molecule has 2 heterocycles. The Kier molecular flexibility index (Phi) is 1.88. The summed E-state index contributed by atoms with van der Waals surface area (Å²) in [7, 11) is 1.62. The fourth-order valence-electron chi connectivity index (χ4n) is 3.74. The van der Waals surface area contributed by atoms with Crippen LogP contribution in [0.3, 0.4) is 0 Å². The van der Waals surface area contributed by atoms with Gasteiger partial charge in [-0.15, -0.1) is 0 Å². The SMILES string of the molecule is COc1ccc2c(c1)C(=O)[C@]13CCC[C@H]1CON23. The van der Waals surface area contributed by atoms with Gasteiger partial charge in [-0.3, -0.25) is 9.63 Å². The second-order valence-electron chi connectivity index (χ2n) is 5.32. The van der Waals surface area contributed by atoms with E-state index in [0.29, 0.717) is 12.5 Å². The number of carbonyl (C=O) groups excluding carboxylic acids is 1. The average molecular weight is 245 g/mol. The minimum absolute atomic E-state index is 0.219. The molecule has 4 heteroatoms. The minimum atomic E-state index is -0.408. The molecular weight excluding hydrogens is 230 g/mol. The third-order valence-electron chi connectivity index (χ3n) is 4.61. The summed E-state index contributed by atoms with van der Waals surface area (Å²) in [6.07, 6.45) is 3.11. The third-order valence-corrected chi connectivity index (χ3v) is 4.61. The van der Waals surface area contributed by atoms with Crippen molar-refractivity contribution < 1.29 is 14.4 Å². The second kappa shape index (κ2) is 3.26. The number of rotatable bonds is 1. The molecule has 1 spiro atoms. The van der Waals surface area contributed by atoms with E-state index in [4.69, 9.17) is 9.57 Å². The van der Waals surface area contributed by atoms with Crippen LogP contribution >= 0.6 is 0 Å². The van der Waals surface area contributed by atoms with Gasteiger partial charge in [0.2, 0.25) is 0 Å². The summed E-state index contributed by atoms with van der Waals surface area (Å²) in [5.74, 6) is 1.30. The minimum Gasteiger partial charge on any atom is -0.497 e. The Bertz CT molecular complexity index is 542. The zero-order valence-corrected chi connectivity index (χ0v) is 10.3. The van der Waals surface area contributed by atoms with E-state index in [0.717, 1.165) is 36.3 Å². The zero-order chi connectivity index (χ0) is 12.3. The molecule has 2 aliphatic heterocycles. The molecule has 1 saturated heterocycles. The molecule has 0 bridgehead atoms. The fourth-order valence-corrected chi connectivity index (χ4v) is 3.74. The first-order chi connectivity index (χ1) is 8.77. The quantitative estimate of drug-likeness (QED) is 0.760. The van der Waals surface area contributed by atoms with E-state index in [2.05, 4.69) is 0 Å². The molecule has 1 aromatic carbocycles. The first-order valence-corrected chi connectivity index (χ1v) is 6.43. The first-order valence-electron chi connectivity index (χ1n) is 6.43. The van der Waals surface area contributed by atoms with Crippen molar-refractivity contribution >= 4 is 11.5 Å². The molecule has 4 nitrogen and oxygen atoms in total. The molecule has 2 atom stereocenters. The lowest BCUT2D eigenvalue weighted by Gasteiger charge is -2.28. The van der Waals surface area contributed by atoms with Crippen LogP contribution in [0.5, 0.6) is 5.75 Å². The second-order valence-corrected chi connectivity index (χ2v) is 5.32. The Morgan fingerprint density at radius 3 is 3.22 bits per heavy atom. The Balaban J connectivity index is 1.90. The van der Waals surface area contributed by atoms with E-state index < -0.39 is 5.54 Å². The summed E-state index contributed by atoms with van der Waals surface area (Å²) in [6, 6.07) is 5.65. The number of ether oxygens (including phenoxy) is 1. The zero-order valence-electron chi connectivity index (χ0n) is 10.3. The summed E-state index contributed by atoms with van der Waals surface area (Å²) >= 11 is 0. The molecule has 0 amide bonds. The highest BCUT2D eigenvalue weighted by Crippen LogP contribution is 2.54. The molecule has 0 unspecified atom stereocenters. The average Bonchev–Trinajstić information content (AvgIpc) is 3.01. The molecule has 0 N–H and O–H groups in total. The molecule has 2 fully saturated rings. The molecule has 3 aliphatic rings. The molecule has 0 aromatic heterocycles. The first kappa shape index (κ1) is 10.4. The van der Waals surface area contributed by atoms with Crippen LogP contribution in [-0.2, 0) is 4.84 Å². The molecule has 4 rings (SSSR count). The Hall–Kier alpha value is -1.55. The highest BCUT2D eigenvalue weighted by Gasteiger charge is 2.62. The Labute approximate surface area is 105 Å². The standard InChI is InChI=1S/C14H15NO3/c1-17-10-4-5-12-11(7-10)13(16)14-6-2-3-9(14)8-18-15(12)14/h4-5,7,9H,2-3,6,8H2,1H3/t9-,14-/m0/s1. The van der Waals surface area contributed by atoms with Crippen molar-refractivity contribution in [3.8, 4) is 5.75 Å². The van der Waals surface area contributed by atoms with E-state index in [1.165, 1.54) is 0 Å². The van der Waals surface area contributed by atoms with Gasteiger partial charge in [0.1, 0.15) is 11.3 Å². The monoisotopic (exact) mass is 245 g/mol. The van der Waals surface area contributed by atoms with Crippen molar-refractivity contribution in [3.05, 3.63) is 23.8 Å². The van der Waals surface area contributed by atoms with Gasteiger partial charge < -0.3 is 4.74 Å². The topological polar surface area (TPSA) is 38.8 Å². The maximum absolute atomic E-state index is 12.8. The van der Waals surface area contributed by atoms with Gasteiger partial charge in [0.05, 0.1) is 19.4 Å². The molecule has 1 aromatic rings. The molecule has 0 radical (unpaired) electrons. The van der Waals surface area contributed by atoms with E-state index in [9.17, 15) is 4.79 Å². The summed E-state index contributed by atoms with van der Waals surface area (Å²) in [6.45, 7) is 0.678. The van der Waals surface area contributed by atoms with Crippen molar-refractivity contribution in [2.24, 2.45) is 5.92 Å². The third kappa shape index (κ3) is 0.988. The Morgan fingerprint density at radius 2 is 2.39 bits per heavy atom. The molecule has 1 aliphatic carbocycles. The van der Waals surface area contributed by atoms with Crippen molar-refractivity contribution in [1.82, 2.24) is 0 Å². The Morgan fingerprint density at radius 1 is 1.50 bits per heavy atom. The molecule has 94 valence electrons. The maximum Gasteiger partial charge on any atom is 0.193 e. The number of hydroxylamine groups is 1. The summed E-state index contributed by atoms with van der Waals surface area (Å²) in [5.41, 5.74) is 1.25. The van der Waals surface area contributed by atoms with Crippen LogP contribution in [0.25, 0.3) is 0 Å². The van der Waals surface area contributed by atoms with Gasteiger partial charge in [0, 0.05) is 11.5 Å². The fraction of sp³-hybridized carbons (Fsp3) is 0.500. The summed E-state index contributed by atoms with van der Waals surface area (Å²) in [4.78, 5) is 18.5. The van der Waals surface area contributed by atoms with Crippen molar-refractivity contribution in [1.29, 1.82) is 0 Å². The lowest BCUT2D eigenvalue weighted by Crippen LogP contribution is -2.46. The van der Waals surface area contributed by atoms with E-state index in [1.54, 1.807) is 7.11 Å². The normalized spacial score (nSPS) is 32.4. The maximum atomic E-state index is 12.8. The number of ketones is 1. The van der Waals surface area contributed by atoms with E-state index in [-0.39, 0.29) is 5.78 Å². The lowest BCUT2D eigenvalue weighted by atomic mass is 9.84. The van der Waals surface area contributed by atoms with Crippen LogP contribution in [0.15, 0.2) is 18.2 Å². The molecular formula is C14H15NO3. The highest BCUT2D eigenvalue weighted by molar-refractivity contribution is 6.14. The van der Waals surface area contributed by atoms with Gasteiger partial charge in [0.25, 0.3) is 0 Å². The van der Waals surface area contributed by atoms with E-state index >= 15 is 0 Å². The number of anilines is 1. The molecule has 18 heavy (non-hydrogen) atoms. The van der Waals surface area contributed by atoms with Crippen LogP contribution < -0.4 is 9.80 Å². The van der Waals surface area contributed by atoms with Crippen LogP contribution in [0.2, 0.25) is 0 Å². The predicted molar refractivity (Wildman–Crippen MR) is 65.8 cm³/mol. The van der Waals surface area contributed by atoms with Crippen LogP contribution in [0.4, 0.5) is 5.69 Å². The van der Waals surface area contributed by atoms with Gasteiger partial charge in [-0.05, 0) is 31.0 Å². The van der Waals surface area contributed by atoms with Gasteiger partial charge >= 0.3 is 0 Å². The van der Waals surface area contributed by atoms with Crippen LogP contribution in [0, 0.1) is 5.92 Å². The summed E-state index contributed by atoms with van der Waals surface area (Å²) in [5, 5.41) is 1.88. The van der Waals surface area contributed by atoms with E-state index in [1.807, 2.05) is 23.3 Å².